The Balaban J connectivity index is 0.00000140. The van der Waals surface area contributed by atoms with Gasteiger partial charge in [-0.3, -0.25) is 9.69 Å². The first kappa shape index (κ1) is 23.5. The van der Waals surface area contributed by atoms with Crippen LogP contribution in [0.4, 0.5) is 0 Å². The molecule has 1 spiro atoms. The summed E-state index contributed by atoms with van der Waals surface area (Å²) in [6.45, 7) is 5.94. The van der Waals surface area contributed by atoms with Gasteiger partial charge in [-0.2, -0.15) is 0 Å². The highest BCUT2D eigenvalue weighted by atomic mass is 35.5. The van der Waals surface area contributed by atoms with Gasteiger partial charge in [-0.1, -0.05) is 36.8 Å². The maximum atomic E-state index is 13.1. The minimum atomic E-state index is 0. The monoisotopic (exact) mass is 427 g/mol. The second kappa shape index (κ2) is 10.3. The summed E-state index contributed by atoms with van der Waals surface area (Å²) in [4.78, 5) is 17.9. The lowest BCUT2D eigenvalue weighted by atomic mass is 9.79. The highest BCUT2D eigenvalue weighted by Gasteiger charge is 2.45. The molecule has 0 radical (unpaired) electrons. The third kappa shape index (κ3) is 5.02. The number of nitrogens with zero attached hydrogens (tertiary/aromatic N) is 2. The molecule has 158 valence electrons. The van der Waals surface area contributed by atoms with Crippen molar-refractivity contribution >= 4 is 30.7 Å². The minimum absolute atomic E-state index is 0. The van der Waals surface area contributed by atoms with Crippen molar-refractivity contribution in [3.05, 3.63) is 35.9 Å². The molecular weight excluding hydrogens is 393 g/mol. The Hall–Kier alpha value is -0.810. The van der Waals surface area contributed by atoms with Crippen molar-refractivity contribution in [3.63, 3.8) is 0 Å². The zero-order valence-corrected chi connectivity index (χ0v) is 18.4. The van der Waals surface area contributed by atoms with E-state index in [0.29, 0.717) is 23.8 Å². The van der Waals surface area contributed by atoms with Crippen molar-refractivity contribution in [2.45, 2.75) is 45.1 Å². The van der Waals surface area contributed by atoms with Crippen LogP contribution < -0.4 is 5.73 Å². The number of hydrogen-bond acceptors (Lipinski definition) is 3. The van der Waals surface area contributed by atoms with Crippen LogP contribution in [0, 0.1) is 17.3 Å². The summed E-state index contributed by atoms with van der Waals surface area (Å²) in [5, 5.41) is 0. The fraction of sp³-hybridized carbons (Fsp3) is 0.682. The number of amides is 1. The van der Waals surface area contributed by atoms with E-state index in [0.717, 1.165) is 39.0 Å². The number of likely N-dealkylation sites (tertiary alicyclic amines) is 2. The molecule has 2 heterocycles. The van der Waals surface area contributed by atoms with Crippen LogP contribution in [0.15, 0.2) is 30.3 Å². The zero-order valence-electron chi connectivity index (χ0n) is 16.7. The molecule has 2 N–H and O–H groups in total. The van der Waals surface area contributed by atoms with Gasteiger partial charge in [-0.25, -0.2) is 0 Å². The largest absolute Gasteiger partial charge is 0.342 e. The molecule has 2 aliphatic heterocycles. The summed E-state index contributed by atoms with van der Waals surface area (Å²) in [6.07, 6.45) is 7.05. The average Bonchev–Trinajstić information content (AvgIpc) is 3.29. The van der Waals surface area contributed by atoms with Crippen LogP contribution in [0.25, 0.3) is 0 Å². The van der Waals surface area contributed by atoms with E-state index in [1.807, 2.05) is 0 Å². The fourth-order valence-electron chi connectivity index (χ4n) is 5.62. The van der Waals surface area contributed by atoms with Crippen LogP contribution in [0.1, 0.15) is 44.1 Å². The second-order valence-corrected chi connectivity index (χ2v) is 8.84. The Kier molecular flexibility index (Phi) is 8.62. The summed E-state index contributed by atoms with van der Waals surface area (Å²) < 4.78 is 0. The maximum absolute atomic E-state index is 13.1. The van der Waals surface area contributed by atoms with E-state index < -0.39 is 0 Å². The van der Waals surface area contributed by atoms with E-state index in [2.05, 4.69) is 40.1 Å². The van der Waals surface area contributed by atoms with Crippen molar-refractivity contribution in [1.29, 1.82) is 0 Å². The molecule has 1 aromatic carbocycles. The standard InChI is InChI=1S/C22H33N3O.2ClH/c23-14-19-8-4-9-20(19)21(26)25-13-11-22(17-25)10-5-12-24(16-22)15-18-6-2-1-3-7-18;;/h1-3,6-7,19-20H,4-5,8-17,23H2;2*1H/t19-,20-,22?;;/m1../s1. The van der Waals surface area contributed by atoms with Crippen LogP contribution in [0.3, 0.4) is 0 Å². The third-order valence-corrected chi connectivity index (χ3v) is 7.02. The van der Waals surface area contributed by atoms with Gasteiger partial charge in [0.05, 0.1) is 0 Å². The number of rotatable bonds is 4. The predicted octanol–water partition coefficient (Wildman–Crippen LogP) is 3.72. The smallest absolute Gasteiger partial charge is 0.226 e. The molecule has 3 atom stereocenters. The van der Waals surface area contributed by atoms with Gasteiger partial charge in [0.25, 0.3) is 0 Å². The molecule has 2 saturated heterocycles. The summed E-state index contributed by atoms with van der Waals surface area (Å²) in [6, 6.07) is 10.8. The maximum Gasteiger partial charge on any atom is 0.226 e. The van der Waals surface area contributed by atoms with Crippen LogP contribution in [-0.2, 0) is 11.3 Å². The fourth-order valence-corrected chi connectivity index (χ4v) is 5.62. The van der Waals surface area contributed by atoms with Crippen LogP contribution >= 0.6 is 24.8 Å². The number of carbonyl (C=O) groups is 1. The van der Waals surface area contributed by atoms with Gasteiger partial charge in [0.2, 0.25) is 5.91 Å². The van der Waals surface area contributed by atoms with Crippen LogP contribution in [0.2, 0.25) is 0 Å². The van der Waals surface area contributed by atoms with E-state index in [9.17, 15) is 4.79 Å². The molecule has 0 bridgehead atoms. The molecule has 0 aromatic heterocycles. The lowest BCUT2D eigenvalue weighted by Gasteiger charge is -2.40. The first-order valence-corrected chi connectivity index (χ1v) is 10.4. The molecule has 1 amide bonds. The Morgan fingerprint density at radius 2 is 1.82 bits per heavy atom. The van der Waals surface area contributed by atoms with E-state index in [4.69, 9.17) is 5.73 Å². The second-order valence-electron chi connectivity index (χ2n) is 8.84. The van der Waals surface area contributed by atoms with Crippen molar-refractivity contribution in [3.8, 4) is 0 Å². The van der Waals surface area contributed by atoms with Gasteiger partial charge >= 0.3 is 0 Å². The molecule has 4 nitrogen and oxygen atoms in total. The number of halogens is 2. The molecule has 1 aromatic rings. The number of piperidine rings is 1. The number of carbonyl (C=O) groups excluding carboxylic acids is 1. The Morgan fingerprint density at radius 1 is 1.04 bits per heavy atom. The van der Waals surface area contributed by atoms with Crippen molar-refractivity contribution in [2.24, 2.45) is 23.0 Å². The van der Waals surface area contributed by atoms with Crippen molar-refractivity contribution < 1.29 is 4.79 Å². The van der Waals surface area contributed by atoms with Gasteiger partial charge in [0.15, 0.2) is 0 Å². The number of nitrogens with two attached hydrogens (primary N) is 1. The first-order valence-electron chi connectivity index (χ1n) is 10.4. The molecule has 3 fully saturated rings. The van der Waals surface area contributed by atoms with Crippen LogP contribution in [0.5, 0.6) is 0 Å². The minimum Gasteiger partial charge on any atom is -0.342 e. The van der Waals surface area contributed by atoms with Crippen LogP contribution in [-0.4, -0.2) is 48.4 Å². The summed E-state index contributed by atoms with van der Waals surface area (Å²) in [7, 11) is 0. The van der Waals surface area contributed by atoms with E-state index in [1.54, 1.807) is 0 Å². The van der Waals surface area contributed by atoms with Gasteiger partial charge in [0, 0.05) is 37.5 Å². The van der Waals surface area contributed by atoms with E-state index in [-0.39, 0.29) is 30.7 Å². The van der Waals surface area contributed by atoms with Crippen molar-refractivity contribution in [1.82, 2.24) is 9.80 Å². The van der Waals surface area contributed by atoms with Gasteiger partial charge in [-0.15, -0.1) is 24.8 Å². The topological polar surface area (TPSA) is 49.6 Å². The van der Waals surface area contributed by atoms with Gasteiger partial charge in [-0.05, 0) is 56.7 Å². The molecule has 1 saturated carbocycles. The van der Waals surface area contributed by atoms with E-state index >= 15 is 0 Å². The van der Waals surface area contributed by atoms with Crippen molar-refractivity contribution in [2.75, 3.05) is 32.7 Å². The molecule has 3 aliphatic rings. The lowest BCUT2D eigenvalue weighted by Crippen LogP contribution is -2.46. The Morgan fingerprint density at radius 3 is 2.57 bits per heavy atom. The normalized spacial score (nSPS) is 30.1. The molecule has 6 heteroatoms. The van der Waals surface area contributed by atoms with Gasteiger partial charge < -0.3 is 10.6 Å². The summed E-state index contributed by atoms with van der Waals surface area (Å²) in [5.41, 5.74) is 7.63. The first-order chi connectivity index (χ1) is 12.7. The Bertz CT molecular complexity index is 629. The molecule has 1 aliphatic carbocycles. The highest BCUT2D eigenvalue weighted by molar-refractivity contribution is 5.85. The Labute approximate surface area is 182 Å². The molecule has 28 heavy (non-hydrogen) atoms. The third-order valence-electron chi connectivity index (χ3n) is 7.02. The van der Waals surface area contributed by atoms with Gasteiger partial charge in [0.1, 0.15) is 0 Å². The summed E-state index contributed by atoms with van der Waals surface area (Å²) >= 11 is 0. The molecular formula is C22H35Cl2N3O. The SMILES string of the molecule is Cl.Cl.NC[C@H]1CCC[C@H]1C(=O)N1CCC2(CCCN(Cc3ccccc3)C2)C1. The summed E-state index contributed by atoms with van der Waals surface area (Å²) in [5.74, 6) is 1.01. The average molecular weight is 428 g/mol. The quantitative estimate of drug-likeness (QED) is 0.795. The number of hydrogen-bond donors (Lipinski definition) is 1. The zero-order chi connectivity index (χ0) is 18.0. The lowest BCUT2D eigenvalue weighted by molar-refractivity contribution is -0.136. The molecule has 1 unspecified atom stereocenters. The predicted molar refractivity (Wildman–Crippen MR) is 119 cm³/mol. The number of benzene rings is 1. The highest BCUT2D eigenvalue weighted by Crippen LogP contribution is 2.41. The van der Waals surface area contributed by atoms with E-state index in [1.165, 1.54) is 37.8 Å². The molecule has 4 rings (SSSR count).